The smallest absolute Gasteiger partial charge is 0.392 e. The van der Waals surface area contributed by atoms with Crippen LogP contribution in [0.25, 0.3) is 0 Å². The van der Waals surface area contributed by atoms with E-state index in [1.807, 2.05) is 0 Å². The van der Waals surface area contributed by atoms with Crippen molar-refractivity contribution < 1.29 is 35.2 Å². The molecule has 0 fully saturated rings. The van der Waals surface area contributed by atoms with Crippen LogP contribution in [0.1, 0.15) is 19.8 Å². The molecule has 2 unspecified atom stereocenters. The molecule has 2 nitrogen and oxygen atoms in total. The van der Waals surface area contributed by atoms with Gasteiger partial charge < -0.3 is 8.85 Å². The third-order valence-corrected chi connectivity index (χ3v) is 5.60. The molecule has 0 aliphatic carbocycles. The third kappa shape index (κ3) is 7.16. The van der Waals surface area contributed by atoms with Crippen molar-refractivity contribution in [2.75, 3.05) is 13.7 Å². The monoisotopic (exact) mass is 312 g/mol. The molecule has 0 N–H and O–H groups in total. The fourth-order valence-corrected chi connectivity index (χ4v) is 3.25. The maximum atomic E-state index is 13.2. The maximum absolute atomic E-state index is 13.2. The summed E-state index contributed by atoms with van der Waals surface area (Å²) in [5, 5.41) is 0. The molecular weight excluding hydrogens is 294 g/mol. The zero-order chi connectivity index (χ0) is 15.3. The molecule has 0 aliphatic heterocycles. The zero-order valence-corrected chi connectivity index (χ0v) is 12.0. The molecular formula is C10H18F6O2Si. The second kappa shape index (κ2) is 6.94. The maximum Gasteiger partial charge on any atom is 0.392 e. The van der Waals surface area contributed by atoms with Crippen LogP contribution in [0.3, 0.4) is 0 Å². The first kappa shape index (κ1) is 18.7. The topological polar surface area (TPSA) is 18.5 Å². The Morgan fingerprint density at radius 2 is 1.68 bits per heavy atom. The van der Waals surface area contributed by atoms with Crippen molar-refractivity contribution in [3.8, 4) is 0 Å². The number of hydrogen-bond acceptors (Lipinski definition) is 2. The summed E-state index contributed by atoms with van der Waals surface area (Å²) in [5.41, 5.74) is 0. The van der Waals surface area contributed by atoms with Crippen molar-refractivity contribution in [3.63, 3.8) is 0 Å². The number of alkyl halides is 6. The predicted molar refractivity (Wildman–Crippen MR) is 60.2 cm³/mol. The van der Waals surface area contributed by atoms with Crippen LogP contribution in [0.15, 0.2) is 0 Å². The van der Waals surface area contributed by atoms with Crippen molar-refractivity contribution in [3.05, 3.63) is 0 Å². The first-order chi connectivity index (χ1) is 8.46. The zero-order valence-electron chi connectivity index (χ0n) is 11.0. The first-order valence-electron chi connectivity index (χ1n) is 5.73. The van der Waals surface area contributed by atoms with E-state index in [9.17, 15) is 26.3 Å². The molecule has 0 heterocycles. The molecule has 0 aromatic rings. The van der Waals surface area contributed by atoms with Crippen LogP contribution in [0.4, 0.5) is 26.3 Å². The quantitative estimate of drug-likeness (QED) is 0.497. The molecule has 0 saturated heterocycles. The lowest BCUT2D eigenvalue weighted by Crippen LogP contribution is -2.45. The highest BCUT2D eigenvalue weighted by atomic mass is 28.4. The van der Waals surface area contributed by atoms with E-state index in [4.69, 9.17) is 8.85 Å². The number of halogens is 6. The predicted octanol–water partition coefficient (Wildman–Crippen LogP) is 4.06. The van der Waals surface area contributed by atoms with E-state index in [0.29, 0.717) is 12.5 Å². The van der Waals surface area contributed by atoms with E-state index in [1.54, 1.807) is 6.92 Å². The van der Waals surface area contributed by atoms with E-state index in [1.165, 1.54) is 13.7 Å². The molecule has 2 atom stereocenters. The lowest BCUT2D eigenvalue weighted by molar-refractivity contribution is -0.184. The van der Waals surface area contributed by atoms with Gasteiger partial charge >= 0.3 is 20.7 Å². The lowest BCUT2D eigenvalue weighted by Gasteiger charge is -2.28. The molecule has 0 bridgehead atoms. The highest BCUT2D eigenvalue weighted by Crippen LogP contribution is 2.33. The Kier molecular flexibility index (Phi) is 6.83. The van der Waals surface area contributed by atoms with E-state index >= 15 is 0 Å². The average molecular weight is 312 g/mol. The van der Waals surface area contributed by atoms with Crippen LogP contribution in [0.5, 0.6) is 0 Å². The fourth-order valence-electron chi connectivity index (χ4n) is 1.38. The summed E-state index contributed by atoms with van der Waals surface area (Å²) in [6.07, 6.45) is -9.87. The van der Waals surface area contributed by atoms with E-state index in [2.05, 4.69) is 0 Å². The Morgan fingerprint density at radius 1 is 1.16 bits per heavy atom. The molecule has 0 aliphatic rings. The molecule has 0 aromatic carbocycles. The molecule has 9 heteroatoms. The summed E-state index contributed by atoms with van der Waals surface area (Å²) in [7, 11) is -1.59. The Morgan fingerprint density at radius 3 is 2.05 bits per heavy atom. The van der Waals surface area contributed by atoms with Crippen LogP contribution in [0, 0.1) is 0 Å². The Labute approximate surface area is 109 Å². The third-order valence-electron chi connectivity index (χ3n) is 2.57. The van der Waals surface area contributed by atoms with Crippen molar-refractivity contribution >= 4 is 8.56 Å². The standard InChI is InChI=1S/C10H18F6O2Si/c1-4-5-19(3,17-2)18-7-9(12,13)8(11)6-10(14,15)16/h8H,4-7H2,1-3H3. The molecule has 0 aromatic heterocycles. The molecule has 0 spiro atoms. The van der Waals surface area contributed by atoms with Gasteiger partial charge in [-0.2, -0.15) is 13.2 Å². The van der Waals surface area contributed by atoms with Gasteiger partial charge in [-0.25, -0.2) is 13.2 Å². The van der Waals surface area contributed by atoms with Crippen LogP contribution < -0.4 is 0 Å². The fraction of sp³-hybridized carbons (Fsp3) is 1.00. The highest BCUT2D eigenvalue weighted by Gasteiger charge is 2.48. The van der Waals surface area contributed by atoms with Crippen molar-refractivity contribution in [1.29, 1.82) is 0 Å². The Balaban J connectivity index is 4.51. The van der Waals surface area contributed by atoms with Gasteiger partial charge in [-0.15, -0.1) is 0 Å². The molecule has 0 rings (SSSR count). The molecule has 116 valence electrons. The first-order valence-corrected chi connectivity index (χ1v) is 8.26. The molecule has 19 heavy (non-hydrogen) atoms. The summed E-state index contributed by atoms with van der Waals surface area (Å²) in [6.45, 7) is 1.89. The summed E-state index contributed by atoms with van der Waals surface area (Å²) >= 11 is 0. The SMILES string of the molecule is CCC[Si](C)(OC)OCC(F)(F)C(F)CC(F)(F)F. The molecule has 0 amide bonds. The Bertz CT molecular complexity index is 273. The van der Waals surface area contributed by atoms with Crippen LogP contribution in [-0.4, -0.2) is 40.5 Å². The minimum Gasteiger partial charge on any atom is -0.398 e. The minimum atomic E-state index is -4.98. The van der Waals surface area contributed by atoms with Gasteiger partial charge in [0.15, 0.2) is 6.17 Å². The molecule has 0 saturated carbocycles. The normalized spacial score (nSPS) is 18.2. The molecule has 0 radical (unpaired) electrons. The largest absolute Gasteiger partial charge is 0.398 e. The summed E-state index contributed by atoms with van der Waals surface area (Å²) in [6, 6.07) is 0.399. The average Bonchev–Trinajstić information content (AvgIpc) is 2.25. The van der Waals surface area contributed by atoms with Gasteiger partial charge in [0.25, 0.3) is 0 Å². The Hall–Kier alpha value is -0.283. The van der Waals surface area contributed by atoms with Gasteiger partial charge in [0.2, 0.25) is 0 Å². The van der Waals surface area contributed by atoms with Crippen LogP contribution >= 0.6 is 0 Å². The van der Waals surface area contributed by atoms with Gasteiger partial charge in [0, 0.05) is 7.11 Å². The van der Waals surface area contributed by atoms with E-state index < -0.39 is 39.9 Å². The lowest BCUT2D eigenvalue weighted by atomic mass is 10.1. The number of rotatable bonds is 8. The van der Waals surface area contributed by atoms with E-state index in [0.717, 1.165) is 0 Å². The van der Waals surface area contributed by atoms with Gasteiger partial charge in [-0.05, 0) is 12.6 Å². The van der Waals surface area contributed by atoms with Crippen molar-refractivity contribution in [2.24, 2.45) is 0 Å². The number of hydrogen-bond donors (Lipinski definition) is 0. The van der Waals surface area contributed by atoms with Crippen molar-refractivity contribution in [2.45, 2.75) is 50.6 Å². The van der Waals surface area contributed by atoms with Crippen molar-refractivity contribution in [1.82, 2.24) is 0 Å². The highest BCUT2D eigenvalue weighted by molar-refractivity contribution is 6.65. The van der Waals surface area contributed by atoms with Gasteiger partial charge in [-0.3, -0.25) is 0 Å². The van der Waals surface area contributed by atoms with Gasteiger partial charge in [0.05, 0.1) is 6.42 Å². The van der Waals surface area contributed by atoms with Crippen LogP contribution in [-0.2, 0) is 8.85 Å². The summed E-state index contributed by atoms with van der Waals surface area (Å²) in [4.78, 5) is 0. The van der Waals surface area contributed by atoms with Crippen LogP contribution in [0.2, 0.25) is 12.6 Å². The second-order valence-electron chi connectivity index (χ2n) is 4.42. The summed E-state index contributed by atoms with van der Waals surface area (Å²) in [5.74, 6) is -4.18. The second-order valence-corrected chi connectivity index (χ2v) is 7.89. The van der Waals surface area contributed by atoms with Gasteiger partial charge in [-0.1, -0.05) is 13.3 Å². The summed E-state index contributed by atoms with van der Waals surface area (Å²) < 4.78 is 84.9. The minimum absolute atomic E-state index is 0.399. The van der Waals surface area contributed by atoms with Gasteiger partial charge in [0.1, 0.15) is 6.61 Å². The van der Waals surface area contributed by atoms with E-state index in [-0.39, 0.29) is 0 Å².